The van der Waals surface area contributed by atoms with Crippen molar-refractivity contribution in [1.29, 1.82) is 0 Å². The van der Waals surface area contributed by atoms with Crippen molar-refractivity contribution in [2.45, 2.75) is 26.4 Å². The lowest BCUT2D eigenvalue weighted by Crippen LogP contribution is -2.27. The van der Waals surface area contributed by atoms with Crippen LogP contribution in [0.1, 0.15) is 20.8 Å². The van der Waals surface area contributed by atoms with Gasteiger partial charge in [-0.15, -0.1) is 0 Å². The van der Waals surface area contributed by atoms with Crippen molar-refractivity contribution >= 4 is 43.6 Å². The largest absolute Gasteiger partial charge is 0.495 e. The number of rotatable bonds is 2. The highest BCUT2D eigenvalue weighted by Crippen LogP contribution is 2.34. The van der Waals surface area contributed by atoms with Gasteiger partial charge in [0.1, 0.15) is 11.4 Å². The first-order chi connectivity index (χ1) is 8.23. The summed E-state index contributed by atoms with van der Waals surface area (Å²) in [7, 11) is 1.56. The van der Waals surface area contributed by atoms with Crippen molar-refractivity contribution in [1.82, 2.24) is 0 Å². The number of anilines is 1. The van der Waals surface area contributed by atoms with Gasteiger partial charge in [0.25, 0.3) is 0 Å². The van der Waals surface area contributed by atoms with Crippen LogP contribution in [0.25, 0.3) is 0 Å². The number of amides is 1. The van der Waals surface area contributed by atoms with E-state index >= 15 is 0 Å². The average molecular weight is 381 g/mol. The average Bonchev–Trinajstić information content (AvgIpc) is 2.19. The minimum Gasteiger partial charge on any atom is -0.495 e. The van der Waals surface area contributed by atoms with Crippen molar-refractivity contribution in [2.75, 3.05) is 12.4 Å². The molecular formula is C12H15Br2NO3. The third-order valence-electron chi connectivity index (χ3n) is 1.88. The van der Waals surface area contributed by atoms with Gasteiger partial charge in [0.15, 0.2) is 0 Å². The highest BCUT2D eigenvalue weighted by Gasteiger charge is 2.17. The summed E-state index contributed by atoms with van der Waals surface area (Å²) in [5.74, 6) is 0.629. The first-order valence-corrected chi connectivity index (χ1v) is 6.84. The molecule has 0 aliphatic rings. The summed E-state index contributed by atoms with van der Waals surface area (Å²) in [6.07, 6.45) is -0.507. The Kier molecular flexibility index (Phi) is 5.04. The van der Waals surface area contributed by atoms with E-state index in [0.29, 0.717) is 11.4 Å². The number of carbonyl (C=O) groups is 1. The van der Waals surface area contributed by atoms with Crippen LogP contribution >= 0.6 is 31.9 Å². The Morgan fingerprint density at radius 2 is 1.83 bits per heavy atom. The Hall–Kier alpha value is -0.750. The topological polar surface area (TPSA) is 47.6 Å². The van der Waals surface area contributed by atoms with Gasteiger partial charge < -0.3 is 9.47 Å². The lowest BCUT2D eigenvalue weighted by Gasteiger charge is -2.20. The number of halogens is 2. The van der Waals surface area contributed by atoms with Crippen molar-refractivity contribution < 1.29 is 14.3 Å². The zero-order chi connectivity index (χ0) is 13.9. The number of methoxy groups -OCH3 is 1. The Morgan fingerprint density at radius 3 is 2.33 bits per heavy atom. The predicted molar refractivity (Wildman–Crippen MR) is 78.3 cm³/mol. The molecule has 0 aliphatic heterocycles. The van der Waals surface area contributed by atoms with Crippen LogP contribution in [-0.4, -0.2) is 18.8 Å². The molecule has 6 heteroatoms. The van der Waals surface area contributed by atoms with Crippen LogP contribution in [0.15, 0.2) is 21.1 Å². The molecule has 0 atom stereocenters. The van der Waals surface area contributed by atoms with Crippen molar-refractivity contribution in [3.05, 3.63) is 21.1 Å². The lowest BCUT2D eigenvalue weighted by atomic mass is 10.2. The van der Waals surface area contributed by atoms with Gasteiger partial charge in [-0.2, -0.15) is 0 Å². The number of benzene rings is 1. The fourth-order valence-corrected chi connectivity index (χ4v) is 2.45. The minimum absolute atomic E-state index is 0.507. The van der Waals surface area contributed by atoms with Crippen LogP contribution in [-0.2, 0) is 4.74 Å². The lowest BCUT2D eigenvalue weighted by molar-refractivity contribution is 0.0636. The molecule has 0 saturated carbocycles. The number of carbonyl (C=O) groups excluding carboxylic acids is 1. The normalized spacial score (nSPS) is 11.0. The van der Waals surface area contributed by atoms with Crippen LogP contribution in [0.5, 0.6) is 5.75 Å². The number of hydrogen-bond donors (Lipinski definition) is 1. The maximum Gasteiger partial charge on any atom is 0.412 e. The molecule has 0 spiro atoms. The van der Waals surface area contributed by atoms with E-state index in [1.165, 1.54) is 0 Å². The predicted octanol–water partition coefficient (Wildman–Crippen LogP) is 4.57. The Morgan fingerprint density at radius 1 is 1.22 bits per heavy atom. The van der Waals surface area contributed by atoms with Gasteiger partial charge in [-0.3, -0.25) is 5.32 Å². The first kappa shape index (κ1) is 15.3. The molecule has 0 aliphatic carbocycles. The fourth-order valence-electron chi connectivity index (χ4n) is 1.19. The smallest absolute Gasteiger partial charge is 0.412 e. The van der Waals surface area contributed by atoms with Crippen LogP contribution in [0.3, 0.4) is 0 Å². The van der Waals surface area contributed by atoms with Crippen LogP contribution in [0, 0.1) is 0 Å². The highest BCUT2D eigenvalue weighted by molar-refractivity contribution is 9.11. The Balaban J connectivity index is 2.88. The number of ether oxygens (including phenoxy) is 2. The minimum atomic E-state index is -0.532. The van der Waals surface area contributed by atoms with Crippen LogP contribution < -0.4 is 10.1 Å². The van der Waals surface area contributed by atoms with Crippen LogP contribution in [0.4, 0.5) is 10.5 Å². The summed E-state index contributed by atoms with van der Waals surface area (Å²) in [4.78, 5) is 11.7. The molecule has 1 rings (SSSR count). The van der Waals surface area contributed by atoms with Crippen molar-refractivity contribution in [3.8, 4) is 5.75 Å². The van der Waals surface area contributed by atoms with Gasteiger partial charge in [0, 0.05) is 10.5 Å². The summed E-state index contributed by atoms with van der Waals surface area (Å²) >= 11 is 6.72. The van der Waals surface area contributed by atoms with E-state index in [-0.39, 0.29) is 0 Å². The quantitative estimate of drug-likeness (QED) is 0.817. The van der Waals surface area contributed by atoms with E-state index < -0.39 is 11.7 Å². The Bertz CT molecular complexity index is 455. The van der Waals surface area contributed by atoms with E-state index in [0.717, 1.165) is 8.95 Å². The van der Waals surface area contributed by atoms with E-state index in [2.05, 4.69) is 37.2 Å². The fraction of sp³-hybridized carbons (Fsp3) is 0.417. The van der Waals surface area contributed by atoms with Gasteiger partial charge in [-0.25, -0.2) is 4.79 Å². The summed E-state index contributed by atoms with van der Waals surface area (Å²) in [6, 6.07) is 3.50. The molecule has 0 saturated heterocycles. The molecule has 0 heterocycles. The highest BCUT2D eigenvalue weighted by atomic mass is 79.9. The summed E-state index contributed by atoms with van der Waals surface area (Å²) in [6.45, 7) is 5.43. The second-order valence-corrected chi connectivity index (χ2v) is 6.30. The van der Waals surface area contributed by atoms with Crippen molar-refractivity contribution in [2.24, 2.45) is 0 Å². The zero-order valence-electron chi connectivity index (χ0n) is 10.6. The maximum absolute atomic E-state index is 11.7. The second kappa shape index (κ2) is 5.93. The zero-order valence-corrected chi connectivity index (χ0v) is 13.8. The molecule has 0 fully saturated rings. The summed E-state index contributed by atoms with van der Waals surface area (Å²) in [5, 5.41) is 2.66. The first-order valence-electron chi connectivity index (χ1n) is 5.26. The molecule has 0 aromatic heterocycles. The second-order valence-electron chi connectivity index (χ2n) is 4.59. The van der Waals surface area contributed by atoms with Gasteiger partial charge in [-0.1, -0.05) is 0 Å². The van der Waals surface area contributed by atoms with E-state index in [1.54, 1.807) is 19.2 Å². The molecule has 0 bridgehead atoms. The molecule has 0 radical (unpaired) electrons. The van der Waals surface area contributed by atoms with Gasteiger partial charge in [0.05, 0.1) is 17.3 Å². The molecule has 4 nitrogen and oxygen atoms in total. The molecule has 1 aromatic carbocycles. The van der Waals surface area contributed by atoms with E-state index in [9.17, 15) is 4.79 Å². The third-order valence-corrected chi connectivity index (χ3v) is 3.15. The molecule has 1 aromatic rings. The maximum atomic E-state index is 11.7. The summed E-state index contributed by atoms with van der Waals surface area (Å²) < 4.78 is 11.9. The monoisotopic (exact) mass is 379 g/mol. The molecule has 1 amide bonds. The number of nitrogens with one attached hydrogen (secondary N) is 1. The van der Waals surface area contributed by atoms with Crippen LogP contribution in [0.2, 0.25) is 0 Å². The standard InChI is InChI=1S/C12H15Br2NO3/c1-12(2,3)18-11(16)15-9-6-10(17-4)8(14)5-7(9)13/h5-6H,1-4H3,(H,15,16). The third kappa shape index (κ3) is 4.49. The summed E-state index contributed by atoms with van der Waals surface area (Å²) in [5.41, 5.74) is 0.0556. The number of hydrogen-bond acceptors (Lipinski definition) is 3. The van der Waals surface area contributed by atoms with Crippen molar-refractivity contribution in [3.63, 3.8) is 0 Å². The molecule has 100 valence electrons. The van der Waals surface area contributed by atoms with Gasteiger partial charge in [-0.05, 0) is 58.7 Å². The van der Waals surface area contributed by atoms with E-state index in [1.807, 2.05) is 20.8 Å². The SMILES string of the molecule is COc1cc(NC(=O)OC(C)(C)C)c(Br)cc1Br. The molecule has 18 heavy (non-hydrogen) atoms. The Labute approximate surface area is 123 Å². The van der Waals surface area contributed by atoms with Gasteiger partial charge in [0.2, 0.25) is 0 Å². The van der Waals surface area contributed by atoms with E-state index in [4.69, 9.17) is 9.47 Å². The molecular weight excluding hydrogens is 366 g/mol. The molecule has 1 N–H and O–H groups in total. The van der Waals surface area contributed by atoms with Gasteiger partial charge >= 0.3 is 6.09 Å². The molecule has 0 unspecified atom stereocenters.